The Kier molecular flexibility index (Phi) is 6.36. The quantitative estimate of drug-likeness (QED) is 0.798. The molecule has 2 atom stereocenters. The lowest BCUT2D eigenvalue weighted by atomic mass is 9.85. The van der Waals surface area contributed by atoms with E-state index in [0.29, 0.717) is 17.9 Å². The van der Waals surface area contributed by atoms with Crippen molar-refractivity contribution in [2.24, 2.45) is 5.92 Å². The van der Waals surface area contributed by atoms with Gasteiger partial charge in [0.25, 0.3) is 0 Å². The number of hydrogen-bond acceptors (Lipinski definition) is 2. The van der Waals surface area contributed by atoms with Crippen molar-refractivity contribution in [2.45, 2.75) is 53.0 Å². The molecule has 0 spiro atoms. The van der Waals surface area contributed by atoms with E-state index in [1.165, 1.54) is 17.5 Å². The molecule has 0 radical (unpaired) electrons. The van der Waals surface area contributed by atoms with Crippen molar-refractivity contribution in [3.05, 3.63) is 29.3 Å². The van der Waals surface area contributed by atoms with Crippen LogP contribution in [0.1, 0.15) is 51.2 Å². The summed E-state index contributed by atoms with van der Waals surface area (Å²) in [6.45, 7) is 12.3. The third-order valence-corrected chi connectivity index (χ3v) is 3.76. The maximum Gasteiger partial charge on any atom is 0.122 e. The van der Waals surface area contributed by atoms with Crippen LogP contribution in [0.15, 0.2) is 18.2 Å². The van der Waals surface area contributed by atoms with Gasteiger partial charge in [-0.25, -0.2) is 0 Å². The van der Waals surface area contributed by atoms with Crippen molar-refractivity contribution in [1.82, 2.24) is 5.32 Å². The zero-order valence-corrected chi connectivity index (χ0v) is 13.3. The van der Waals surface area contributed by atoms with E-state index in [4.69, 9.17) is 4.74 Å². The van der Waals surface area contributed by atoms with Crippen molar-refractivity contribution in [1.29, 1.82) is 0 Å². The van der Waals surface area contributed by atoms with Crippen LogP contribution < -0.4 is 10.1 Å². The van der Waals surface area contributed by atoms with Crippen molar-refractivity contribution in [3.8, 4) is 5.75 Å². The summed E-state index contributed by atoms with van der Waals surface area (Å²) in [6.07, 6.45) is 1.17. The Morgan fingerprint density at radius 1 is 1.21 bits per heavy atom. The van der Waals surface area contributed by atoms with Gasteiger partial charge in [-0.3, -0.25) is 0 Å². The van der Waals surface area contributed by atoms with Crippen LogP contribution in [-0.4, -0.2) is 19.7 Å². The smallest absolute Gasteiger partial charge is 0.122 e. The highest BCUT2D eigenvalue weighted by molar-refractivity contribution is 5.40. The number of methoxy groups -OCH3 is 1. The molecule has 2 heteroatoms. The average Bonchev–Trinajstić information content (AvgIpc) is 2.38. The van der Waals surface area contributed by atoms with Crippen LogP contribution in [0.4, 0.5) is 0 Å². The molecule has 108 valence electrons. The Balaban J connectivity index is 3.00. The van der Waals surface area contributed by atoms with Crippen LogP contribution in [0.3, 0.4) is 0 Å². The summed E-state index contributed by atoms with van der Waals surface area (Å²) in [5, 5.41) is 3.68. The number of aryl methyl sites for hydroxylation is 1. The van der Waals surface area contributed by atoms with Gasteiger partial charge < -0.3 is 10.1 Å². The molecule has 0 aliphatic heterocycles. The molecule has 1 N–H and O–H groups in total. The zero-order valence-electron chi connectivity index (χ0n) is 13.3. The Hall–Kier alpha value is -1.02. The van der Waals surface area contributed by atoms with E-state index in [2.05, 4.69) is 58.1 Å². The summed E-state index contributed by atoms with van der Waals surface area (Å²) in [7, 11) is 1.75. The summed E-state index contributed by atoms with van der Waals surface area (Å²) in [5.74, 6) is 2.05. The molecule has 1 aromatic rings. The van der Waals surface area contributed by atoms with Crippen LogP contribution in [0.5, 0.6) is 5.75 Å². The molecular formula is C17H29NO. The van der Waals surface area contributed by atoms with Gasteiger partial charge in [0.15, 0.2) is 0 Å². The minimum Gasteiger partial charge on any atom is -0.496 e. The molecule has 0 aliphatic carbocycles. The molecule has 0 saturated heterocycles. The minimum atomic E-state index is 0.446. The third-order valence-electron chi connectivity index (χ3n) is 3.76. The van der Waals surface area contributed by atoms with E-state index in [0.717, 1.165) is 12.3 Å². The molecule has 0 heterocycles. The standard InChI is InChI=1S/C17H29NO/c1-7-10-18-17(12(2)3)14(5)15-11-13(4)8-9-16(15)19-6/h8-9,11-12,14,17-18H,7,10H2,1-6H3. The van der Waals surface area contributed by atoms with E-state index in [9.17, 15) is 0 Å². The van der Waals surface area contributed by atoms with Crippen molar-refractivity contribution >= 4 is 0 Å². The molecule has 0 aliphatic rings. The molecule has 2 nitrogen and oxygen atoms in total. The largest absolute Gasteiger partial charge is 0.496 e. The van der Waals surface area contributed by atoms with Gasteiger partial charge in [-0.2, -0.15) is 0 Å². The average molecular weight is 263 g/mol. The van der Waals surface area contributed by atoms with Gasteiger partial charge in [0, 0.05) is 12.0 Å². The maximum atomic E-state index is 5.53. The zero-order chi connectivity index (χ0) is 14.4. The molecule has 0 aromatic heterocycles. The molecular weight excluding hydrogens is 234 g/mol. The first-order valence-electron chi connectivity index (χ1n) is 7.39. The molecule has 0 amide bonds. The monoisotopic (exact) mass is 263 g/mol. The molecule has 2 unspecified atom stereocenters. The first-order valence-corrected chi connectivity index (χ1v) is 7.39. The molecule has 0 fully saturated rings. The minimum absolute atomic E-state index is 0.446. The summed E-state index contributed by atoms with van der Waals surface area (Å²) in [4.78, 5) is 0. The van der Waals surface area contributed by atoms with E-state index < -0.39 is 0 Å². The second-order valence-corrected chi connectivity index (χ2v) is 5.76. The van der Waals surface area contributed by atoms with Crippen LogP contribution in [0, 0.1) is 12.8 Å². The van der Waals surface area contributed by atoms with Gasteiger partial charge in [0.1, 0.15) is 5.75 Å². The fourth-order valence-corrected chi connectivity index (χ4v) is 2.70. The fourth-order valence-electron chi connectivity index (χ4n) is 2.70. The normalized spacial score (nSPS) is 14.5. The number of hydrogen-bond donors (Lipinski definition) is 1. The van der Waals surface area contributed by atoms with E-state index >= 15 is 0 Å². The fraction of sp³-hybridized carbons (Fsp3) is 0.647. The lowest BCUT2D eigenvalue weighted by Gasteiger charge is -2.30. The van der Waals surface area contributed by atoms with Gasteiger partial charge in [-0.1, -0.05) is 45.4 Å². The predicted molar refractivity (Wildman–Crippen MR) is 83.1 cm³/mol. The molecule has 0 bridgehead atoms. The Morgan fingerprint density at radius 3 is 2.42 bits per heavy atom. The van der Waals surface area contributed by atoms with Crippen LogP contribution in [0.25, 0.3) is 0 Å². The van der Waals surface area contributed by atoms with Crippen LogP contribution in [0.2, 0.25) is 0 Å². The van der Waals surface area contributed by atoms with Gasteiger partial charge in [-0.15, -0.1) is 0 Å². The van der Waals surface area contributed by atoms with Crippen molar-refractivity contribution < 1.29 is 4.74 Å². The van der Waals surface area contributed by atoms with E-state index in [-0.39, 0.29) is 0 Å². The summed E-state index contributed by atoms with van der Waals surface area (Å²) < 4.78 is 5.53. The Morgan fingerprint density at radius 2 is 1.89 bits per heavy atom. The highest BCUT2D eigenvalue weighted by Gasteiger charge is 2.24. The number of rotatable bonds is 7. The highest BCUT2D eigenvalue weighted by Crippen LogP contribution is 2.32. The predicted octanol–water partition coefficient (Wildman–Crippen LogP) is 4.13. The second kappa shape index (κ2) is 7.54. The van der Waals surface area contributed by atoms with Crippen LogP contribution in [-0.2, 0) is 0 Å². The van der Waals surface area contributed by atoms with Gasteiger partial charge in [0.05, 0.1) is 7.11 Å². The molecule has 1 rings (SSSR count). The number of nitrogens with one attached hydrogen (secondary N) is 1. The van der Waals surface area contributed by atoms with E-state index in [1.54, 1.807) is 7.11 Å². The molecule has 19 heavy (non-hydrogen) atoms. The first kappa shape index (κ1) is 16.0. The summed E-state index contributed by atoms with van der Waals surface area (Å²) in [5.41, 5.74) is 2.60. The van der Waals surface area contributed by atoms with Crippen molar-refractivity contribution in [2.75, 3.05) is 13.7 Å². The van der Waals surface area contributed by atoms with Crippen LogP contribution >= 0.6 is 0 Å². The lowest BCUT2D eigenvalue weighted by molar-refractivity contribution is 0.342. The van der Waals surface area contributed by atoms with Gasteiger partial charge in [0.2, 0.25) is 0 Å². The number of ether oxygens (including phenoxy) is 1. The maximum absolute atomic E-state index is 5.53. The van der Waals surface area contributed by atoms with E-state index in [1.807, 2.05) is 0 Å². The van der Waals surface area contributed by atoms with Gasteiger partial charge >= 0.3 is 0 Å². The topological polar surface area (TPSA) is 21.3 Å². The second-order valence-electron chi connectivity index (χ2n) is 5.76. The SMILES string of the molecule is CCCNC(C(C)C)C(C)c1cc(C)ccc1OC. The highest BCUT2D eigenvalue weighted by atomic mass is 16.5. The first-order chi connectivity index (χ1) is 9.01. The number of benzene rings is 1. The third kappa shape index (κ3) is 4.24. The summed E-state index contributed by atoms with van der Waals surface area (Å²) in [6, 6.07) is 6.93. The molecule has 0 saturated carbocycles. The lowest BCUT2D eigenvalue weighted by Crippen LogP contribution is -2.38. The van der Waals surface area contributed by atoms with Crippen molar-refractivity contribution in [3.63, 3.8) is 0 Å². The summed E-state index contributed by atoms with van der Waals surface area (Å²) >= 11 is 0. The Labute approximate surface area is 118 Å². The molecule has 1 aromatic carbocycles. The van der Waals surface area contributed by atoms with Gasteiger partial charge in [-0.05, 0) is 37.4 Å². The Bertz CT molecular complexity index is 387.